The van der Waals surface area contributed by atoms with Gasteiger partial charge in [-0.25, -0.2) is 0 Å². The average molecular weight is 484 g/mol. The summed E-state index contributed by atoms with van der Waals surface area (Å²) in [6, 6.07) is 11.1. The van der Waals surface area contributed by atoms with E-state index in [0.29, 0.717) is 48.6 Å². The molecule has 5 atom stereocenters. The van der Waals surface area contributed by atoms with Gasteiger partial charge in [-0.1, -0.05) is 18.2 Å². The number of rotatable bonds is 5. The molecule has 1 saturated heterocycles. The number of aliphatic hydroxyl groups excluding tert-OH is 3. The van der Waals surface area contributed by atoms with E-state index in [1.807, 2.05) is 24.3 Å². The summed E-state index contributed by atoms with van der Waals surface area (Å²) in [6.07, 6.45) is -1.96. The van der Waals surface area contributed by atoms with Crippen LogP contribution < -0.4 is 9.47 Å². The fourth-order valence-corrected chi connectivity index (χ4v) is 6.43. The number of nitrogens with zero attached hydrogens (tertiary/aromatic N) is 1. The van der Waals surface area contributed by atoms with Gasteiger partial charge in [0.05, 0.1) is 33.5 Å². The number of aliphatic hydroxyl groups is 3. The zero-order chi connectivity index (χ0) is 24.9. The molecule has 8 nitrogen and oxygen atoms in total. The van der Waals surface area contributed by atoms with Crippen molar-refractivity contribution < 1.29 is 34.6 Å². The van der Waals surface area contributed by atoms with Gasteiger partial charge < -0.3 is 34.6 Å². The maximum atomic E-state index is 11.4. The van der Waals surface area contributed by atoms with E-state index in [1.165, 1.54) is 14.2 Å². The Morgan fingerprint density at radius 3 is 2.37 bits per heavy atom. The van der Waals surface area contributed by atoms with Gasteiger partial charge in [0.1, 0.15) is 17.6 Å². The molecule has 0 radical (unpaired) electrons. The molecule has 188 valence electrons. The molecule has 5 rings (SSSR count). The van der Waals surface area contributed by atoms with Crippen LogP contribution in [0.25, 0.3) is 0 Å². The molecule has 2 aromatic carbocycles. The highest BCUT2D eigenvalue weighted by Gasteiger charge is 2.57. The summed E-state index contributed by atoms with van der Waals surface area (Å²) in [5.41, 5.74) is 2.28. The van der Waals surface area contributed by atoms with Crippen LogP contribution in [0.4, 0.5) is 0 Å². The number of piperidine rings is 1. The van der Waals surface area contributed by atoms with E-state index in [0.717, 1.165) is 16.9 Å². The van der Waals surface area contributed by atoms with E-state index in [4.69, 9.17) is 14.2 Å². The van der Waals surface area contributed by atoms with Crippen molar-refractivity contribution in [2.24, 2.45) is 0 Å². The fourth-order valence-electron chi connectivity index (χ4n) is 6.43. The average Bonchev–Trinajstić information content (AvgIpc) is 2.93. The minimum Gasteiger partial charge on any atom is -0.504 e. The normalized spacial score (nSPS) is 30.2. The molecule has 1 heterocycles. The van der Waals surface area contributed by atoms with Crippen molar-refractivity contribution in [3.05, 3.63) is 64.4 Å². The minimum atomic E-state index is -1.18. The summed E-state index contributed by atoms with van der Waals surface area (Å²) in [4.78, 5) is 2.28. The molecule has 0 spiro atoms. The van der Waals surface area contributed by atoms with Crippen molar-refractivity contribution in [1.82, 2.24) is 4.90 Å². The first-order valence-electron chi connectivity index (χ1n) is 11.9. The van der Waals surface area contributed by atoms with Gasteiger partial charge in [-0.2, -0.15) is 0 Å². The number of hydrogen-bond acceptors (Lipinski definition) is 8. The molecule has 2 aliphatic carbocycles. The number of aromatic hydroxyl groups is 1. The molecule has 1 fully saturated rings. The Hall–Kier alpha value is -2.78. The Kier molecular flexibility index (Phi) is 6.17. The van der Waals surface area contributed by atoms with E-state index in [2.05, 4.69) is 4.90 Å². The van der Waals surface area contributed by atoms with E-state index >= 15 is 0 Å². The van der Waals surface area contributed by atoms with Crippen LogP contribution >= 0.6 is 0 Å². The molecular weight excluding hydrogens is 450 g/mol. The van der Waals surface area contributed by atoms with Crippen LogP contribution in [0.5, 0.6) is 17.2 Å². The van der Waals surface area contributed by atoms with Crippen LogP contribution in [-0.2, 0) is 16.7 Å². The van der Waals surface area contributed by atoms with Gasteiger partial charge in [0.2, 0.25) is 0 Å². The van der Waals surface area contributed by atoms with Crippen LogP contribution in [0.1, 0.15) is 42.1 Å². The Bertz CT molecular complexity index is 1130. The van der Waals surface area contributed by atoms with Crippen LogP contribution in [0.3, 0.4) is 0 Å². The second-order valence-electron chi connectivity index (χ2n) is 9.70. The monoisotopic (exact) mass is 483 g/mol. The highest BCUT2D eigenvalue weighted by molar-refractivity contribution is 5.61. The summed E-state index contributed by atoms with van der Waals surface area (Å²) in [6.45, 7) is 1.30. The molecule has 1 unspecified atom stereocenters. The smallest absolute Gasteiger partial charge is 0.162 e. The molecule has 2 bridgehead atoms. The van der Waals surface area contributed by atoms with Crippen molar-refractivity contribution >= 4 is 0 Å². The molecule has 1 aliphatic heterocycles. The maximum Gasteiger partial charge on any atom is 0.162 e. The van der Waals surface area contributed by atoms with Gasteiger partial charge >= 0.3 is 0 Å². The number of methoxy groups -OCH3 is 3. The molecule has 2 aromatic rings. The van der Waals surface area contributed by atoms with E-state index in [9.17, 15) is 20.4 Å². The number of benzene rings is 2. The Morgan fingerprint density at radius 1 is 0.971 bits per heavy atom. The van der Waals surface area contributed by atoms with Crippen LogP contribution in [-0.4, -0.2) is 71.4 Å². The highest BCUT2D eigenvalue weighted by Crippen LogP contribution is 2.59. The number of phenolic OH excluding ortho intramolecular Hbond substituents is 1. The van der Waals surface area contributed by atoms with Crippen LogP contribution in [0.15, 0.2) is 47.7 Å². The molecule has 0 amide bonds. The predicted octanol–water partition coefficient (Wildman–Crippen LogP) is 2.38. The number of phenols is 1. The van der Waals surface area contributed by atoms with Crippen molar-refractivity contribution in [2.75, 3.05) is 27.9 Å². The highest BCUT2D eigenvalue weighted by atomic mass is 16.5. The van der Waals surface area contributed by atoms with Gasteiger partial charge in [0, 0.05) is 30.1 Å². The lowest BCUT2D eigenvalue weighted by Gasteiger charge is -2.52. The third-order valence-corrected chi connectivity index (χ3v) is 8.01. The van der Waals surface area contributed by atoms with E-state index in [-0.39, 0.29) is 18.2 Å². The van der Waals surface area contributed by atoms with Crippen molar-refractivity contribution in [3.63, 3.8) is 0 Å². The van der Waals surface area contributed by atoms with Gasteiger partial charge in [0.25, 0.3) is 0 Å². The second-order valence-corrected chi connectivity index (χ2v) is 9.70. The molecule has 0 saturated carbocycles. The summed E-state index contributed by atoms with van der Waals surface area (Å²) in [5.74, 6) is 1.37. The fraction of sp³-hybridized carbons (Fsp3) is 0.481. The molecule has 0 aromatic heterocycles. The van der Waals surface area contributed by atoms with Crippen LogP contribution in [0.2, 0.25) is 0 Å². The maximum absolute atomic E-state index is 11.4. The quantitative estimate of drug-likeness (QED) is 0.513. The molecular formula is C27H33NO7. The third-order valence-electron chi connectivity index (χ3n) is 8.01. The summed E-state index contributed by atoms with van der Waals surface area (Å²) >= 11 is 0. The summed E-state index contributed by atoms with van der Waals surface area (Å²) < 4.78 is 16.4. The Morgan fingerprint density at radius 2 is 1.71 bits per heavy atom. The standard InChI is InChI=1S/C27H33NO7/c1-33-16-6-4-15(5-7-16)14-28-11-10-27-13-20(30)24(31)26(35-3)23(27)18(28)12-19(29)17-8-9-21(34-2)25(32)22(17)27/h4-9,18-20,24,29-32H,10-14H2,1-3H3/t18?,19-,20-,24-,27-/m0/s1. The minimum absolute atomic E-state index is 0.0372. The van der Waals surface area contributed by atoms with Gasteiger partial charge in [-0.3, -0.25) is 4.90 Å². The lowest BCUT2D eigenvalue weighted by Crippen LogP contribution is -2.56. The van der Waals surface area contributed by atoms with Crippen LogP contribution in [0, 0.1) is 0 Å². The topological polar surface area (TPSA) is 112 Å². The summed E-state index contributed by atoms with van der Waals surface area (Å²) in [5, 5.41) is 44.5. The number of likely N-dealkylation sites (tertiary alicyclic amines) is 1. The van der Waals surface area contributed by atoms with Crippen molar-refractivity contribution in [1.29, 1.82) is 0 Å². The molecule has 4 N–H and O–H groups in total. The lowest BCUT2D eigenvalue weighted by molar-refractivity contribution is -0.0343. The van der Waals surface area contributed by atoms with Crippen molar-refractivity contribution in [3.8, 4) is 17.2 Å². The second kappa shape index (κ2) is 9.02. The first-order valence-corrected chi connectivity index (χ1v) is 11.9. The van der Waals surface area contributed by atoms with Crippen molar-refractivity contribution in [2.45, 2.75) is 55.6 Å². The van der Waals surface area contributed by atoms with Gasteiger partial charge in [-0.15, -0.1) is 0 Å². The Labute approximate surface area is 205 Å². The molecule has 3 aliphatic rings. The first-order chi connectivity index (χ1) is 16.8. The van der Waals surface area contributed by atoms with Gasteiger partial charge in [-0.05, 0) is 54.2 Å². The molecule has 8 heteroatoms. The van der Waals surface area contributed by atoms with E-state index in [1.54, 1.807) is 19.2 Å². The zero-order valence-electron chi connectivity index (χ0n) is 20.3. The number of fused-ring (bicyclic) bond motifs is 1. The van der Waals surface area contributed by atoms with E-state index < -0.39 is 23.7 Å². The Balaban J connectivity index is 1.68. The largest absolute Gasteiger partial charge is 0.504 e. The van der Waals surface area contributed by atoms with Gasteiger partial charge in [0.15, 0.2) is 11.5 Å². The number of hydrogen-bond donors (Lipinski definition) is 4. The zero-order valence-corrected chi connectivity index (χ0v) is 20.3. The lowest BCUT2D eigenvalue weighted by atomic mass is 9.60. The first kappa shape index (κ1) is 23.9. The predicted molar refractivity (Wildman–Crippen MR) is 128 cm³/mol. The molecule has 35 heavy (non-hydrogen) atoms. The third kappa shape index (κ3) is 3.67. The number of ether oxygens (including phenoxy) is 3. The SMILES string of the molecule is COC1=C2C3C[C@H](O)c4ccc(OC)c(O)c4[C@]2(CCN3Cc2ccc(OC)cc2)C[C@H](O)[C@@H]1O. The summed E-state index contributed by atoms with van der Waals surface area (Å²) in [7, 11) is 4.62.